The van der Waals surface area contributed by atoms with Gasteiger partial charge in [0.1, 0.15) is 23.7 Å². The molecule has 0 unspecified atom stereocenters. The average molecular weight is 455 g/mol. The van der Waals surface area contributed by atoms with Crippen molar-refractivity contribution in [3.05, 3.63) is 70.5 Å². The van der Waals surface area contributed by atoms with Crippen LogP contribution in [0, 0.1) is 28.8 Å². The molecule has 2 amide bonds. The van der Waals surface area contributed by atoms with Crippen LogP contribution < -0.4 is 0 Å². The van der Waals surface area contributed by atoms with Gasteiger partial charge >= 0.3 is 0 Å². The van der Waals surface area contributed by atoms with Gasteiger partial charge in [0.2, 0.25) is 0 Å². The van der Waals surface area contributed by atoms with E-state index in [2.05, 4.69) is 0 Å². The van der Waals surface area contributed by atoms with E-state index in [1.807, 2.05) is 6.07 Å². The molecule has 3 fully saturated rings. The number of carbonyl (C=O) groups is 2. The second kappa shape index (κ2) is 7.89. The molecule has 2 aromatic rings. The number of carbonyl (C=O) groups excluding carboxylic acids is 2. The fourth-order valence-corrected chi connectivity index (χ4v) is 5.14. The van der Waals surface area contributed by atoms with Gasteiger partial charge in [-0.2, -0.15) is 5.26 Å². The van der Waals surface area contributed by atoms with Gasteiger partial charge in [0.05, 0.1) is 23.2 Å². The Hall–Kier alpha value is -3.38. The van der Waals surface area contributed by atoms with Gasteiger partial charge in [0, 0.05) is 32.0 Å². The standard InChI is InChI=1S/C24H20F3N3O3/c25-16-10-15(11-17(26)12-16)20-3-4-21-30(20)23(32)24(33-21)5-7-29(8-6-24)22(31)18-2-1-14(13-28)9-19(18)27/h1-2,9-12,20-21H,3-8H2/t20-,21+/m0/s1. The lowest BCUT2D eigenvalue weighted by atomic mass is 9.89. The predicted molar refractivity (Wildman–Crippen MR) is 109 cm³/mol. The number of amides is 2. The van der Waals surface area contributed by atoms with Crippen LogP contribution in [0.15, 0.2) is 36.4 Å². The van der Waals surface area contributed by atoms with Crippen LogP contribution in [-0.2, 0) is 9.53 Å². The topological polar surface area (TPSA) is 73.6 Å². The summed E-state index contributed by atoms with van der Waals surface area (Å²) in [5.41, 5.74) is -0.708. The average Bonchev–Trinajstić information content (AvgIpc) is 3.31. The van der Waals surface area contributed by atoms with Gasteiger partial charge in [-0.25, -0.2) is 13.2 Å². The number of piperidine rings is 1. The van der Waals surface area contributed by atoms with Crippen LogP contribution >= 0.6 is 0 Å². The molecule has 0 radical (unpaired) electrons. The van der Waals surface area contributed by atoms with Gasteiger partial charge in [-0.1, -0.05) is 0 Å². The van der Waals surface area contributed by atoms with Gasteiger partial charge < -0.3 is 14.5 Å². The number of fused-ring (bicyclic) bond motifs is 1. The minimum absolute atomic E-state index is 0.125. The fourth-order valence-electron chi connectivity index (χ4n) is 5.14. The Balaban J connectivity index is 1.31. The van der Waals surface area contributed by atoms with Crippen molar-refractivity contribution in [2.75, 3.05) is 13.1 Å². The van der Waals surface area contributed by atoms with Crippen LogP contribution in [-0.4, -0.2) is 46.5 Å². The van der Waals surface area contributed by atoms with E-state index in [-0.39, 0.29) is 43.0 Å². The molecule has 6 nitrogen and oxygen atoms in total. The molecular formula is C24H20F3N3O3. The second-order valence-electron chi connectivity index (χ2n) is 8.67. The lowest BCUT2D eigenvalue weighted by Crippen LogP contribution is -2.51. The molecule has 3 heterocycles. The van der Waals surface area contributed by atoms with Crippen molar-refractivity contribution in [2.45, 2.75) is 43.6 Å². The van der Waals surface area contributed by atoms with Gasteiger partial charge in [-0.15, -0.1) is 0 Å². The predicted octanol–water partition coefficient (Wildman–Crippen LogP) is 3.67. The third-order valence-electron chi connectivity index (χ3n) is 6.78. The summed E-state index contributed by atoms with van der Waals surface area (Å²) < 4.78 is 47.9. The van der Waals surface area contributed by atoms with E-state index in [1.54, 1.807) is 4.90 Å². The summed E-state index contributed by atoms with van der Waals surface area (Å²) in [4.78, 5) is 29.2. The number of hydrogen-bond donors (Lipinski definition) is 0. The summed E-state index contributed by atoms with van der Waals surface area (Å²) >= 11 is 0. The minimum atomic E-state index is -1.10. The number of rotatable bonds is 2. The lowest BCUT2D eigenvalue weighted by molar-refractivity contribution is -0.142. The van der Waals surface area contributed by atoms with Crippen molar-refractivity contribution in [1.82, 2.24) is 9.80 Å². The van der Waals surface area contributed by atoms with Gasteiger partial charge in [0.25, 0.3) is 11.8 Å². The van der Waals surface area contributed by atoms with E-state index in [0.717, 1.165) is 12.1 Å². The molecule has 0 saturated carbocycles. The highest BCUT2D eigenvalue weighted by atomic mass is 19.1. The molecule has 0 bridgehead atoms. The number of nitriles is 1. The molecule has 0 N–H and O–H groups in total. The molecule has 3 aliphatic heterocycles. The van der Waals surface area contributed by atoms with Crippen LogP contribution in [0.1, 0.15) is 53.2 Å². The monoisotopic (exact) mass is 455 g/mol. The van der Waals surface area contributed by atoms with Crippen LogP contribution in [0.2, 0.25) is 0 Å². The number of halogens is 3. The first-order chi connectivity index (χ1) is 15.8. The van der Waals surface area contributed by atoms with Crippen molar-refractivity contribution >= 4 is 11.8 Å². The van der Waals surface area contributed by atoms with Gasteiger partial charge in [0.15, 0.2) is 5.60 Å². The summed E-state index contributed by atoms with van der Waals surface area (Å²) in [6.45, 7) is 0.396. The van der Waals surface area contributed by atoms with Gasteiger partial charge in [-0.05, 0) is 48.7 Å². The lowest BCUT2D eigenvalue weighted by Gasteiger charge is -2.37. The number of hydrogen-bond acceptors (Lipinski definition) is 4. The Morgan fingerprint density at radius 3 is 2.39 bits per heavy atom. The quantitative estimate of drug-likeness (QED) is 0.693. The molecular weight excluding hydrogens is 435 g/mol. The minimum Gasteiger partial charge on any atom is -0.342 e. The van der Waals surface area contributed by atoms with Crippen LogP contribution in [0.4, 0.5) is 13.2 Å². The molecule has 0 aromatic heterocycles. The normalized spacial score (nSPS) is 23.6. The molecule has 1 spiro atoms. The Labute approximate surface area is 188 Å². The third-order valence-corrected chi connectivity index (χ3v) is 6.78. The molecule has 3 aliphatic rings. The van der Waals surface area contributed by atoms with Crippen molar-refractivity contribution < 1.29 is 27.5 Å². The fraction of sp³-hybridized carbons (Fsp3) is 0.375. The summed E-state index contributed by atoms with van der Waals surface area (Å²) in [5.74, 6) is -2.91. The SMILES string of the molecule is N#Cc1ccc(C(=O)N2CCC3(CC2)O[C@@H]2CC[C@@H](c4cc(F)cc(F)c4)N2C3=O)c(F)c1. The number of nitrogens with zero attached hydrogens (tertiary/aromatic N) is 3. The largest absolute Gasteiger partial charge is 0.342 e. The van der Waals surface area contributed by atoms with E-state index < -0.39 is 41.2 Å². The summed E-state index contributed by atoms with van der Waals surface area (Å²) in [7, 11) is 0. The molecule has 0 aliphatic carbocycles. The van der Waals surface area contributed by atoms with E-state index >= 15 is 0 Å². The van der Waals surface area contributed by atoms with E-state index in [9.17, 15) is 22.8 Å². The Bertz CT molecular complexity index is 1170. The maximum absolute atomic E-state index is 14.3. The molecule has 33 heavy (non-hydrogen) atoms. The molecule has 2 atom stereocenters. The zero-order chi connectivity index (χ0) is 23.3. The first-order valence-electron chi connectivity index (χ1n) is 10.8. The van der Waals surface area contributed by atoms with E-state index in [0.29, 0.717) is 18.4 Å². The second-order valence-corrected chi connectivity index (χ2v) is 8.67. The first-order valence-corrected chi connectivity index (χ1v) is 10.8. The Morgan fingerprint density at radius 2 is 1.76 bits per heavy atom. The molecule has 9 heteroatoms. The van der Waals surface area contributed by atoms with Crippen LogP contribution in [0.25, 0.3) is 0 Å². The molecule has 5 rings (SSSR count). The van der Waals surface area contributed by atoms with Crippen molar-refractivity contribution in [2.24, 2.45) is 0 Å². The third kappa shape index (κ3) is 3.55. The Kier molecular flexibility index (Phi) is 5.13. The van der Waals surface area contributed by atoms with Crippen molar-refractivity contribution in [3.8, 4) is 6.07 Å². The molecule has 170 valence electrons. The highest BCUT2D eigenvalue weighted by Gasteiger charge is 2.58. The zero-order valence-electron chi connectivity index (χ0n) is 17.6. The number of benzene rings is 2. The van der Waals surface area contributed by atoms with E-state index in [4.69, 9.17) is 10.00 Å². The van der Waals surface area contributed by atoms with Crippen LogP contribution in [0.5, 0.6) is 0 Å². The Morgan fingerprint density at radius 1 is 1.06 bits per heavy atom. The molecule has 3 saturated heterocycles. The number of likely N-dealkylation sites (tertiary alicyclic amines) is 1. The van der Waals surface area contributed by atoms with Crippen LogP contribution in [0.3, 0.4) is 0 Å². The smallest absolute Gasteiger partial charge is 0.257 e. The van der Waals surface area contributed by atoms with Crippen molar-refractivity contribution in [1.29, 1.82) is 5.26 Å². The zero-order valence-corrected chi connectivity index (χ0v) is 17.6. The van der Waals surface area contributed by atoms with Gasteiger partial charge in [-0.3, -0.25) is 9.59 Å². The van der Waals surface area contributed by atoms with Crippen molar-refractivity contribution in [3.63, 3.8) is 0 Å². The highest BCUT2D eigenvalue weighted by Crippen LogP contribution is 2.47. The summed E-state index contributed by atoms with van der Waals surface area (Å²) in [5, 5.41) is 8.87. The van der Waals surface area contributed by atoms with E-state index in [1.165, 1.54) is 29.2 Å². The first kappa shape index (κ1) is 21.5. The molecule has 2 aromatic carbocycles. The summed E-state index contributed by atoms with van der Waals surface area (Å²) in [6.07, 6.45) is 1.10. The summed E-state index contributed by atoms with van der Waals surface area (Å²) in [6, 6.07) is 8.32. The maximum atomic E-state index is 14.3. The highest BCUT2D eigenvalue weighted by molar-refractivity contribution is 5.95. The maximum Gasteiger partial charge on any atom is 0.257 e. The number of ether oxygens (including phenoxy) is 1.